The average molecular weight is 552 g/mol. The standard InChI is InChI=1S/C26H33NO12/c1-27-25(35)13-3-2-4-15(9-13)36-14-7-5-12(6-8-14)23-22(34)24(19(31)17(11-29)37-23)39-26-21(33)20(32)18(30)16(10-28)38-26/h2-9,16-24,26,28-34H,10-11H2,1H3,(H,27,35)/t16-,17-,18-,19-,20-,21-,22-,23-,24+,26-/m1/s1. The first-order valence-corrected chi connectivity index (χ1v) is 12.4. The van der Waals surface area contributed by atoms with Crippen LogP contribution < -0.4 is 10.1 Å². The van der Waals surface area contributed by atoms with Gasteiger partial charge < -0.3 is 60.0 Å². The highest BCUT2D eigenvalue weighted by molar-refractivity contribution is 5.94. The molecule has 214 valence electrons. The summed E-state index contributed by atoms with van der Waals surface area (Å²) in [5.41, 5.74) is 0.867. The molecule has 0 saturated carbocycles. The quantitative estimate of drug-likeness (QED) is 0.182. The van der Waals surface area contributed by atoms with Gasteiger partial charge in [-0.3, -0.25) is 4.79 Å². The maximum absolute atomic E-state index is 11.9. The second-order valence-corrected chi connectivity index (χ2v) is 9.33. The fourth-order valence-corrected chi connectivity index (χ4v) is 4.56. The second kappa shape index (κ2) is 12.7. The van der Waals surface area contributed by atoms with E-state index in [1.54, 1.807) is 48.5 Å². The molecule has 2 aromatic rings. The molecule has 13 heteroatoms. The van der Waals surface area contributed by atoms with Crippen LogP contribution in [0.5, 0.6) is 11.5 Å². The minimum Gasteiger partial charge on any atom is -0.457 e. The average Bonchev–Trinajstić information content (AvgIpc) is 2.95. The number of hydrogen-bond acceptors (Lipinski definition) is 12. The van der Waals surface area contributed by atoms with Crippen molar-refractivity contribution in [2.45, 2.75) is 61.2 Å². The lowest BCUT2D eigenvalue weighted by atomic mass is 9.90. The van der Waals surface area contributed by atoms with Gasteiger partial charge in [-0.2, -0.15) is 0 Å². The molecule has 2 saturated heterocycles. The maximum Gasteiger partial charge on any atom is 0.251 e. The Hall–Kier alpha value is -2.69. The number of rotatable bonds is 8. The van der Waals surface area contributed by atoms with Crippen LogP contribution in [0.4, 0.5) is 0 Å². The van der Waals surface area contributed by atoms with Gasteiger partial charge in [0.05, 0.1) is 13.2 Å². The predicted molar refractivity (Wildman–Crippen MR) is 132 cm³/mol. The molecule has 2 fully saturated rings. The van der Waals surface area contributed by atoms with Crippen LogP contribution in [0.1, 0.15) is 22.0 Å². The van der Waals surface area contributed by atoms with Gasteiger partial charge in [0.15, 0.2) is 6.29 Å². The Morgan fingerprint density at radius 3 is 2.13 bits per heavy atom. The van der Waals surface area contributed by atoms with E-state index in [0.717, 1.165) is 0 Å². The van der Waals surface area contributed by atoms with Crippen molar-refractivity contribution in [2.24, 2.45) is 0 Å². The molecule has 0 aliphatic carbocycles. The molecule has 1 amide bonds. The molecule has 2 aromatic carbocycles. The lowest BCUT2D eigenvalue weighted by Gasteiger charge is -2.46. The molecular formula is C26H33NO12. The normalized spacial score (nSPS) is 34.9. The Labute approximate surface area is 223 Å². The molecule has 0 radical (unpaired) electrons. The zero-order valence-corrected chi connectivity index (χ0v) is 21.0. The van der Waals surface area contributed by atoms with Crippen molar-refractivity contribution in [3.8, 4) is 11.5 Å². The van der Waals surface area contributed by atoms with Gasteiger partial charge in [0.2, 0.25) is 0 Å². The third kappa shape index (κ3) is 6.23. The van der Waals surface area contributed by atoms with E-state index in [-0.39, 0.29) is 5.91 Å². The van der Waals surface area contributed by atoms with Crippen LogP contribution in [0.3, 0.4) is 0 Å². The number of carbonyl (C=O) groups is 1. The highest BCUT2D eigenvalue weighted by atomic mass is 16.7. The fourth-order valence-electron chi connectivity index (χ4n) is 4.56. The van der Waals surface area contributed by atoms with Gasteiger partial charge in [0, 0.05) is 12.6 Å². The van der Waals surface area contributed by atoms with Crippen molar-refractivity contribution in [3.05, 3.63) is 59.7 Å². The van der Waals surface area contributed by atoms with E-state index in [2.05, 4.69) is 5.32 Å². The van der Waals surface area contributed by atoms with Crippen LogP contribution in [0, 0.1) is 0 Å². The first-order chi connectivity index (χ1) is 18.7. The molecule has 10 atom stereocenters. The zero-order chi connectivity index (χ0) is 28.3. The van der Waals surface area contributed by atoms with E-state index in [0.29, 0.717) is 22.6 Å². The topological polar surface area (TPSA) is 208 Å². The van der Waals surface area contributed by atoms with Gasteiger partial charge in [-0.15, -0.1) is 0 Å². The summed E-state index contributed by atoms with van der Waals surface area (Å²) in [6.07, 6.45) is -14.8. The van der Waals surface area contributed by atoms with E-state index >= 15 is 0 Å². The number of amides is 1. The lowest BCUT2D eigenvalue weighted by molar-refractivity contribution is -0.342. The molecule has 4 rings (SSSR count). The molecule has 2 aliphatic rings. The molecule has 0 spiro atoms. The Morgan fingerprint density at radius 2 is 1.49 bits per heavy atom. The SMILES string of the molecule is CNC(=O)c1cccc(Oc2ccc([C@H]3O[C@H](CO)[C@@H](O)[C@H](O[C@H]4O[C@H](CO)[C@@H](O)[C@@H](O)[C@H]4O)[C@@H]3O)cc2)c1. The van der Waals surface area contributed by atoms with E-state index in [1.165, 1.54) is 7.05 Å². The summed E-state index contributed by atoms with van der Waals surface area (Å²) in [6, 6.07) is 13.0. The van der Waals surface area contributed by atoms with E-state index < -0.39 is 74.4 Å². The predicted octanol–water partition coefficient (Wildman–Crippen LogP) is -1.82. The Morgan fingerprint density at radius 1 is 0.821 bits per heavy atom. The zero-order valence-electron chi connectivity index (χ0n) is 21.0. The van der Waals surface area contributed by atoms with Crippen molar-refractivity contribution < 1.29 is 59.5 Å². The molecule has 0 unspecified atom stereocenters. The largest absolute Gasteiger partial charge is 0.457 e. The summed E-state index contributed by atoms with van der Waals surface area (Å²) in [5, 5.41) is 73.9. The molecule has 2 aliphatic heterocycles. The second-order valence-electron chi connectivity index (χ2n) is 9.33. The van der Waals surface area contributed by atoms with Crippen molar-refractivity contribution in [1.29, 1.82) is 0 Å². The maximum atomic E-state index is 11.9. The number of benzene rings is 2. The Kier molecular flexibility index (Phi) is 9.51. The van der Waals surface area contributed by atoms with Gasteiger partial charge in [-0.1, -0.05) is 18.2 Å². The third-order valence-electron chi connectivity index (χ3n) is 6.77. The highest BCUT2D eigenvalue weighted by Crippen LogP contribution is 2.36. The fraction of sp³-hybridized carbons (Fsp3) is 0.500. The number of ether oxygens (including phenoxy) is 4. The molecule has 2 heterocycles. The molecule has 13 nitrogen and oxygen atoms in total. The summed E-state index contributed by atoms with van der Waals surface area (Å²) >= 11 is 0. The smallest absolute Gasteiger partial charge is 0.251 e. The van der Waals surface area contributed by atoms with Crippen molar-refractivity contribution >= 4 is 5.91 Å². The minimum atomic E-state index is -1.76. The van der Waals surface area contributed by atoms with Crippen LogP contribution in [-0.2, 0) is 14.2 Å². The highest BCUT2D eigenvalue weighted by Gasteiger charge is 2.50. The molecule has 0 bridgehead atoms. The minimum absolute atomic E-state index is 0.264. The lowest BCUT2D eigenvalue weighted by Crippen LogP contribution is -2.63. The number of hydrogen-bond donors (Lipinski definition) is 8. The molecular weight excluding hydrogens is 518 g/mol. The van der Waals surface area contributed by atoms with Crippen LogP contribution in [0.2, 0.25) is 0 Å². The summed E-state index contributed by atoms with van der Waals surface area (Å²) < 4.78 is 22.5. The summed E-state index contributed by atoms with van der Waals surface area (Å²) in [6.45, 7) is -1.31. The van der Waals surface area contributed by atoms with E-state index in [1.807, 2.05) is 0 Å². The Bertz CT molecular complexity index is 1100. The van der Waals surface area contributed by atoms with Crippen LogP contribution in [0.15, 0.2) is 48.5 Å². The van der Waals surface area contributed by atoms with Crippen LogP contribution in [-0.4, -0.2) is 117 Å². The monoisotopic (exact) mass is 551 g/mol. The Balaban J connectivity index is 1.50. The third-order valence-corrected chi connectivity index (χ3v) is 6.77. The van der Waals surface area contributed by atoms with Crippen molar-refractivity contribution in [3.63, 3.8) is 0 Å². The summed E-state index contributed by atoms with van der Waals surface area (Å²) in [7, 11) is 1.52. The molecule has 39 heavy (non-hydrogen) atoms. The number of aliphatic hydroxyl groups is 7. The van der Waals surface area contributed by atoms with Gasteiger partial charge in [-0.05, 0) is 35.9 Å². The first kappa shape index (κ1) is 29.3. The van der Waals surface area contributed by atoms with Crippen molar-refractivity contribution in [1.82, 2.24) is 5.32 Å². The molecule has 0 aromatic heterocycles. The number of carbonyl (C=O) groups excluding carboxylic acids is 1. The van der Waals surface area contributed by atoms with Crippen molar-refractivity contribution in [2.75, 3.05) is 20.3 Å². The number of aliphatic hydroxyl groups excluding tert-OH is 7. The van der Waals surface area contributed by atoms with Crippen LogP contribution in [0.25, 0.3) is 0 Å². The molecule has 8 N–H and O–H groups in total. The summed E-state index contributed by atoms with van der Waals surface area (Å²) in [4.78, 5) is 11.9. The van der Waals surface area contributed by atoms with Crippen LogP contribution >= 0.6 is 0 Å². The summed E-state index contributed by atoms with van der Waals surface area (Å²) in [5.74, 6) is 0.584. The van der Waals surface area contributed by atoms with Gasteiger partial charge in [0.25, 0.3) is 5.91 Å². The number of nitrogens with one attached hydrogen (secondary N) is 1. The van der Waals surface area contributed by atoms with Gasteiger partial charge >= 0.3 is 0 Å². The first-order valence-electron chi connectivity index (χ1n) is 12.4. The van der Waals surface area contributed by atoms with Gasteiger partial charge in [-0.25, -0.2) is 0 Å². The van der Waals surface area contributed by atoms with E-state index in [9.17, 15) is 40.5 Å². The van der Waals surface area contributed by atoms with Gasteiger partial charge in [0.1, 0.15) is 66.4 Å². The van der Waals surface area contributed by atoms with E-state index in [4.69, 9.17) is 18.9 Å².